The van der Waals surface area contributed by atoms with E-state index in [0.717, 1.165) is 5.56 Å². The van der Waals surface area contributed by atoms with E-state index in [2.05, 4.69) is 117 Å². The Morgan fingerprint density at radius 1 is 0.528 bits per heavy atom. The van der Waals surface area contributed by atoms with Crippen LogP contribution < -0.4 is 0 Å². The van der Waals surface area contributed by atoms with Gasteiger partial charge < -0.3 is 0 Å². The zero-order chi connectivity index (χ0) is 24.4. The van der Waals surface area contributed by atoms with Crippen LogP contribution in [0.1, 0.15) is 26.3 Å². The van der Waals surface area contributed by atoms with Crippen molar-refractivity contribution in [1.82, 2.24) is 4.98 Å². The van der Waals surface area contributed by atoms with Crippen LogP contribution in [0.15, 0.2) is 109 Å². The van der Waals surface area contributed by atoms with Crippen LogP contribution in [0.2, 0.25) is 0 Å². The molecule has 1 nitrogen and oxygen atoms in total. The Bertz CT molecular complexity index is 1890. The predicted octanol–water partition coefficient (Wildman–Crippen LogP) is 9.76. The van der Waals surface area contributed by atoms with E-state index in [1.807, 2.05) is 18.5 Å². The summed E-state index contributed by atoms with van der Waals surface area (Å²) >= 11 is 0. The van der Waals surface area contributed by atoms with Gasteiger partial charge in [-0.25, -0.2) is 0 Å². The lowest BCUT2D eigenvalue weighted by Crippen LogP contribution is -2.10. The molecule has 0 aliphatic rings. The second-order valence-corrected chi connectivity index (χ2v) is 10.9. The lowest BCUT2D eigenvalue weighted by atomic mass is 9.81. The van der Waals surface area contributed by atoms with Crippen molar-refractivity contribution >= 4 is 43.1 Å². The van der Waals surface area contributed by atoms with Crippen molar-refractivity contribution in [3.8, 4) is 22.3 Å². The van der Waals surface area contributed by atoms with Crippen LogP contribution in [0.3, 0.4) is 0 Å². The van der Waals surface area contributed by atoms with E-state index in [1.54, 1.807) is 0 Å². The molecule has 0 radical (unpaired) electrons. The van der Waals surface area contributed by atoms with Crippen LogP contribution in [-0.4, -0.2) is 4.98 Å². The van der Waals surface area contributed by atoms with Gasteiger partial charge >= 0.3 is 0 Å². The van der Waals surface area contributed by atoms with E-state index in [4.69, 9.17) is 0 Å². The number of aromatic nitrogens is 1. The lowest BCUT2D eigenvalue weighted by Gasteiger charge is -2.23. The first-order chi connectivity index (χ1) is 17.5. The summed E-state index contributed by atoms with van der Waals surface area (Å²) in [6, 6.07) is 36.0. The third-order valence-corrected chi connectivity index (χ3v) is 7.62. The molecule has 0 N–H and O–H groups in total. The maximum absolute atomic E-state index is 4.45. The summed E-state index contributed by atoms with van der Waals surface area (Å²) < 4.78 is 0. The number of rotatable bonds is 2. The average Bonchev–Trinajstić information content (AvgIpc) is 2.91. The molecule has 1 heteroatoms. The SMILES string of the molecule is CC(C)(C)c1cc2ccc3c(-c4cccnc4)cc(-c4ccc5ccccc5c4)c4ccc(c1)c2c34. The van der Waals surface area contributed by atoms with E-state index >= 15 is 0 Å². The van der Waals surface area contributed by atoms with Gasteiger partial charge in [-0.3, -0.25) is 4.98 Å². The van der Waals surface area contributed by atoms with Crippen LogP contribution in [0.5, 0.6) is 0 Å². The van der Waals surface area contributed by atoms with Gasteiger partial charge in [0.2, 0.25) is 0 Å². The van der Waals surface area contributed by atoms with Gasteiger partial charge in [0.1, 0.15) is 0 Å². The molecule has 0 amide bonds. The minimum absolute atomic E-state index is 0.0988. The highest BCUT2D eigenvalue weighted by molar-refractivity contribution is 6.28. The molecule has 172 valence electrons. The Labute approximate surface area is 211 Å². The lowest BCUT2D eigenvalue weighted by molar-refractivity contribution is 0.591. The van der Waals surface area contributed by atoms with Crippen molar-refractivity contribution in [2.24, 2.45) is 0 Å². The Morgan fingerprint density at radius 2 is 1.19 bits per heavy atom. The van der Waals surface area contributed by atoms with Crippen molar-refractivity contribution in [3.63, 3.8) is 0 Å². The highest BCUT2D eigenvalue weighted by Crippen LogP contribution is 2.45. The minimum Gasteiger partial charge on any atom is -0.264 e. The zero-order valence-electron chi connectivity index (χ0n) is 20.8. The monoisotopic (exact) mass is 461 g/mol. The first-order valence-electron chi connectivity index (χ1n) is 12.6. The molecule has 0 unspecified atom stereocenters. The third-order valence-electron chi connectivity index (χ3n) is 7.62. The molecule has 0 aliphatic heterocycles. The highest BCUT2D eigenvalue weighted by Gasteiger charge is 2.20. The molecule has 0 fully saturated rings. The molecule has 1 aromatic heterocycles. The topological polar surface area (TPSA) is 12.9 Å². The Morgan fingerprint density at radius 3 is 1.86 bits per heavy atom. The summed E-state index contributed by atoms with van der Waals surface area (Å²) in [6.45, 7) is 6.87. The maximum atomic E-state index is 4.45. The molecule has 0 saturated heterocycles. The van der Waals surface area contributed by atoms with E-state index in [9.17, 15) is 0 Å². The van der Waals surface area contributed by atoms with Gasteiger partial charge in [0.15, 0.2) is 0 Å². The van der Waals surface area contributed by atoms with E-state index < -0.39 is 0 Å². The summed E-state index contributed by atoms with van der Waals surface area (Å²) in [4.78, 5) is 4.45. The molecule has 0 spiro atoms. The summed E-state index contributed by atoms with van der Waals surface area (Å²) in [5.41, 5.74) is 6.35. The average molecular weight is 462 g/mol. The summed E-state index contributed by atoms with van der Waals surface area (Å²) in [5.74, 6) is 0. The zero-order valence-corrected chi connectivity index (χ0v) is 20.8. The van der Waals surface area contributed by atoms with Crippen molar-refractivity contribution < 1.29 is 0 Å². The van der Waals surface area contributed by atoms with Gasteiger partial charge in [0, 0.05) is 18.0 Å². The Hall–Kier alpha value is -4.23. The fraction of sp³-hybridized carbons (Fsp3) is 0.114. The second kappa shape index (κ2) is 7.63. The molecule has 36 heavy (non-hydrogen) atoms. The Kier molecular flexibility index (Phi) is 4.47. The number of pyridine rings is 1. The maximum Gasteiger partial charge on any atom is 0.0346 e. The molecule has 6 aromatic carbocycles. The smallest absolute Gasteiger partial charge is 0.0346 e. The van der Waals surface area contributed by atoms with E-state index in [-0.39, 0.29) is 5.41 Å². The molecule has 1 heterocycles. The fourth-order valence-corrected chi connectivity index (χ4v) is 5.70. The number of benzene rings is 6. The predicted molar refractivity (Wildman–Crippen MR) is 155 cm³/mol. The molecule has 7 rings (SSSR count). The van der Waals surface area contributed by atoms with Crippen LogP contribution in [-0.2, 0) is 5.41 Å². The molecule has 0 saturated carbocycles. The second-order valence-electron chi connectivity index (χ2n) is 10.9. The van der Waals surface area contributed by atoms with Crippen LogP contribution in [0.4, 0.5) is 0 Å². The van der Waals surface area contributed by atoms with Gasteiger partial charge in [-0.1, -0.05) is 99.6 Å². The van der Waals surface area contributed by atoms with Gasteiger partial charge in [-0.2, -0.15) is 0 Å². The minimum atomic E-state index is 0.0988. The van der Waals surface area contributed by atoms with Gasteiger partial charge in [0.25, 0.3) is 0 Å². The molecule has 0 bridgehead atoms. The first-order valence-corrected chi connectivity index (χ1v) is 12.6. The summed E-state index contributed by atoms with van der Waals surface area (Å²) in [5, 5.41) is 10.4. The largest absolute Gasteiger partial charge is 0.264 e. The first kappa shape index (κ1) is 21.1. The van der Waals surface area contributed by atoms with Gasteiger partial charge in [-0.05, 0) is 89.0 Å². The number of hydrogen-bond acceptors (Lipinski definition) is 1. The number of nitrogens with zero attached hydrogens (tertiary/aromatic N) is 1. The normalized spacial score (nSPS) is 12.3. The molecule has 0 atom stereocenters. The van der Waals surface area contributed by atoms with Crippen molar-refractivity contribution in [1.29, 1.82) is 0 Å². The van der Waals surface area contributed by atoms with Gasteiger partial charge in [-0.15, -0.1) is 0 Å². The molecule has 7 aromatic rings. The quantitative estimate of drug-likeness (QED) is 0.233. The van der Waals surface area contributed by atoms with Crippen molar-refractivity contribution in [2.45, 2.75) is 26.2 Å². The fourth-order valence-electron chi connectivity index (χ4n) is 5.70. The highest BCUT2D eigenvalue weighted by atomic mass is 14.6. The van der Waals surface area contributed by atoms with E-state index in [0.29, 0.717) is 0 Å². The van der Waals surface area contributed by atoms with Crippen LogP contribution >= 0.6 is 0 Å². The van der Waals surface area contributed by atoms with Crippen LogP contribution in [0, 0.1) is 0 Å². The molecule has 0 aliphatic carbocycles. The Balaban J connectivity index is 1.63. The molecular formula is C35H27N. The van der Waals surface area contributed by atoms with Gasteiger partial charge in [0.05, 0.1) is 0 Å². The van der Waals surface area contributed by atoms with Crippen molar-refractivity contribution in [2.75, 3.05) is 0 Å². The summed E-state index contributed by atoms with van der Waals surface area (Å²) in [6.07, 6.45) is 3.83. The molecular weight excluding hydrogens is 434 g/mol. The van der Waals surface area contributed by atoms with Crippen LogP contribution in [0.25, 0.3) is 65.3 Å². The summed E-state index contributed by atoms with van der Waals surface area (Å²) in [7, 11) is 0. The van der Waals surface area contributed by atoms with E-state index in [1.165, 1.54) is 65.3 Å². The standard InChI is InChI=1S/C35H27N/c1-35(2,3)28-18-25-12-14-29-31(24-11-10-22-7-4-5-8-23(22)17-24)20-32(27-9-6-16-36-21-27)30-15-13-26(19-28)33(25)34(29)30/h4-21H,1-3H3. The number of hydrogen-bond donors (Lipinski definition) is 0. The third kappa shape index (κ3) is 3.20. The van der Waals surface area contributed by atoms with Crippen molar-refractivity contribution in [3.05, 3.63) is 115 Å². The number of fused-ring (bicyclic) bond motifs is 1.